The Kier molecular flexibility index (Phi) is 6.61. The third-order valence-electron chi connectivity index (χ3n) is 4.77. The molecule has 0 unspecified atom stereocenters. The van der Waals surface area contributed by atoms with Crippen LogP contribution < -0.4 is 10.1 Å². The molecule has 0 spiro atoms. The number of hydrogen-bond donors (Lipinski definition) is 2. The first-order valence-electron chi connectivity index (χ1n) is 9.85. The van der Waals surface area contributed by atoms with Crippen molar-refractivity contribution in [3.8, 4) is 28.4 Å². The molecule has 0 aliphatic heterocycles. The minimum Gasteiger partial charge on any atom is -0.435 e. The standard InChI is InChI=1S/C22H19F2N5O2S2/c1-12-3-5-15(6-4-12)19-27-28-22(32)29(19)11-17(30)25-21-26-18(13(2)33-21)14-7-9-16(10-8-14)31-20(23)24/h3-10,20H,11H2,1-2H3,(H,28,32)(H,25,26,30). The van der Waals surface area contributed by atoms with Crippen molar-refractivity contribution in [1.82, 2.24) is 19.7 Å². The van der Waals surface area contributed by atoms with Crippen molar-refractivity contribution in [2.75, 3.05) is 5.32 Å². The summed E-state index contributed by atoms with van der Waals surface area (Å²) in [5, 5.41) is 10.2. The van der Waals surface area contributed by atoms with E-state index in [1.165, 1.54) is 23.5 Å². The molecule has 0 aliphatic rings. The number of aromatic amines is 1. The molecule has 0 radical (unpaired) electrons. The van der Waals surface area contributed by atoms with Gasteiger partial charge in [0.25, 0.3) is 0 Å². The number of hydrogen-bond acceptors (Lipinski definition) is 6. The maximum Gasteiger partial charge on any atom is 0.387 e. The second kappa shape index (κ2) is 9.59. The van der Waals surface area contributed by atoms with E-state index in [0.717, 1.165) is 21.6 Å². The summed E-state index contributed by atoms with van der Waals surface area (Å²) in [6.07, 6.45) is 0. The van der Waals surface area contributed by atoms with E-state index < -0.39 is 6.61 Å². The number of carbonyl (C=O) groups is 1. The highest BCUT2D eigenvalue weighted by Gasteiger charge is 2.16. The van der Waals surface area contributed by atoms with Gasteiger partial charge in [-0.3, -0.25) is 14.5 Å². The number of rotatable bonds is 7. The molecular formula is C22H19F2N5O2S2. The second-order valence-corrected chi connectivity index (χ2v) is 8.77. The Labute approximate surface area is 197 Å². The zero-order valence-corrected chi connectivity index (χ0v) is 19.3. The summed E-state index contributed by atoms with van der Waals surface area (Å²) in [5.74, 6) is 0.329. The zero-order chi connectivity index (χ0) is 23.5. The molecular weight excluding hydrogens is 468 g/mol. The molecule has 0 aliphatic carbocycles. The summed E-state index contributed by atoms with van der Waals surface area (Å²) < 4.78 is 31.0. The number of alkyl halides is 2. The molecule has 0 atom stereocenters. The summed E-state index contributed by atoms with van der Waals surface area (Å²) in [7, 11) is 0. The predicted molar refractivity (Wildman–Crippen MR) is 125 cm³/mol. The SMILES string of the molecule is Cc1ccc(-c2n[nH]c(=S)n2CC(=O)Nc2nc(-c3ccc(OC(F)F)cc3)c(C)s2)cc1. The number of amides is 1. The lowest BCUT2D eigenvalue weighted by Crippen LogP contribution is -2.19. The molecule has 0 saturated heterocycles. The molecule has 2 N–H and O–H groups in total. The van der Waals surface area contributed by atoms with Gasteiger partial charge in [0, 0.05) is 16.0 Å². The maximum atomic E-state index is 12.7. The van der Waals surface area contributed by atoms with E-state index in [1.807, 2.05) is 38.1 Å². The highest BCUT2D eigenvalue weighted by Crippen LogP contribution is 2.31. The van der Waals surface area contributed by atoms with Gasteiger partial charge in [0.2, 0.25) is 5.91 Å². The Morgan fingerprint density at radius 1 is 1.15 bits per heavy atom. The van der Waals surface area contributed by atoms with Crippen molar-refractivity contribution in [3.05, 3.63) is 63.7 Å². The maximum absolute atomic E-state index is 12.7. The normalized spacial score (nSPS) is 11.1. The van der Waals surface area contributed by atoms with Crippen molar-refractivity contribution in [2.24, 2.45) is 0 Å². The molecule has 2 aromatic heterocycles. The number of thiazole rings is 1. The van der Waals surface area contributed by atoms with Crippen LogP contribution in [0.5, 0.6) is 5.75 Å². The fourth-order valence-corrected chi connectivity index (χ4v) is 4.25. The van der Waals surface area contributed by atoms with Crippen molar-refractivity contribution in [2.45, 2.75) is 27.0 Å². The van der Waals surface area contributed by atoms with Gasteiger partial charge in [-0.15, -0.1) is 11.3 Å². The van der Waals surface area contributed by atoms with Crippen molar-refractivity contribution < 1.29 is 18.3 Å². The Morgan fingerprint density at radius 3 is 2.48 bits per heavy atom. The Hall–Kier alpha value is -3.44. The Bertz CT molecular complexity index is 1330. The molecule has 0 saturated carbocycles. The molecule has 170 valence electrons. The number of halogens is 2. The van der Waals surface area contributed by atoms with Gasteiger partial charge < -0.3 is 10.1 Å². The number of benzene rings is 2. The molecule has 33 heavy (non-hydrogen) atoms. The van der Waals surface area contributed by atoms with Gasteiger partial charge in [-0.2, -0.15) is 13.9 Å². The van der Waals surface area contributed by atoms with Gasteiger partial charge in [0.05, 0.1) is 5.69 Å². The lowest BCUT2D eigenvalue weighted by molar-refractivity contribution is -0.116. The first-order chi connectivity index (χ1) is 15.8. The van der Waals surface area contributed by atoms with Crippen LogP contribution in [0.4, 0.5) is 13.9 Å². The van der Waals surface area contributed by atoms with E-state index in [9.17, 15) is 13.6 Å². The summed E-state index contributed by atoms with van der Waals surface area (Å²) in [4.78, 5) is 18.1. The number of carbonyl (C=O) groups excluding carboxylic acids is 1. The number of ether oxygens (including phenoxy) is 1. The van der Waals surface area contributed by atoms with Gasteiger partial charge in [-0.1, -0.05) is 29.8 Å². The highest BCUT2D eigenvalue weighted by atomic mass is 32.1. The molecule has 4 rings (SSSR count). The Balaban J connectivity index is 1.49. The quantitative estimate of drug-likeness (QED) is 0.332. The summed E-state index contributed by atoms with van der Waals surface area (Å²) in [6.45, 7) is 0.943. The molecule has 11 heteroatoms. The topological polar surface area (TPSA) is 84.8 Å². The first-order valence-corrected chi connectivity index (χ1v) is 11.1. The lowest BCUT2D eigenvalue weighted by Gasteiger charge is -2.07. The van der Waals surface area contributed by atoms with Crippen LogP contribution >= 0.6 is 23.6 Å². The zero-order valence-electron chi connectivity index (χ0n) is 17.6. The van der Waals surface area contributed by atoms with Crippen molar-refractivity contribution in [3.63, 3.8) is 0 Å². The number of aryl methyl sites for hydroxylation is 2. The fourth-order valence-electron chi connectivity index (χ4n) is 3.20. The van der Waals surface area contributed by atoms with Crippen LogP contribution in [0.15, 0.2) is 48.5 Å². The molecule has 7 nitrogen and oxygen atoms in total. The number of H-pyrrole nitrogens is 1. The van der Waals surface area contributed by atoms with Gasteiger partial charge in [0.15, 0.2) is 15.7 Å². The molecule has 2 aromatic carbocycles. The van der Waals surface area contributed by atoms with Crippen molar-refractivity contribution >= 4 is 34.6 Å². The number of aromatic nitrogens is 4. The lowest BCUT2D eigenvalue weighted by atomic mass is 10.1. The van der Waals surface area contributed by atoms with Crippen LogP contribution in [0, 0.1) is 18.6 Å². The van der Waals surface area contributed by atoms with Crippen LogP contribution in [0.2, 0.25) is 0 Å². The van der Waals surface area contributed by atoms with Crippen LogP contribution in [-0.2, 0) is 11.3 Å². The van der Waals surface area contributed by atoms with Crippen LogP contribution in [0.25, 0.3) is 22.6 Å². The molecule has 2 heterocycles. The van der Waals surface area contributed by atoms with Gasteiger partial charge in [-0.25, -0.2) is 4.98 Å². The molecule has 0 fully saturated rings. The van der Waals surface area contributed by atoms with E-state index in [4.69, 9.17) is 12.2 Å². The van der Waals surface area contributed by atoms with E-state index in [-0.39, 0.29) is 18.2 Å². The van der Waals surface area contributed by atoms with Crippen LogP contribution in [0.3, 0.4) is 0 Å². The van der Waals surface area contributed by atoms with E-state index in [2.05, 4.69) is 25.2 Å². The van der Waals surface area contributed by atoms with E-state index in [0.29, 0.717) is 21.4 Å². The highest BCUT2D eigenvalue weighted by molar-refractivity contribution is 7.71. The van der Waals surface area contributed by atoms with Gasteiger partial charge in [0.1, 0.15) is 12.3 Å². The summed E-state index contributed by atoms with van der Waals surface area (Å²) in [6, 6.07) is 13.9. The second-order valence-electron chi connectivity index (χ2n) is 7.18. The minimum absolute atomic E-state index is 0.0355. The van der Waals surface area contributed by atoms with Gasteiger partial charge in [-0.05, 0) is 50.3 Å². The van der Waals surface area contributed by atoms with Crippen LogP contribution in [-0.4, -0.2) is 32.3 Å². The average Bonchev–Trinajstić information content (AvgIpc) is 3.31. The summed E-state index contributed by atoms with van der Waals surface area (Å²) >= 11 is 6.62. The predicted octanol–water partition coefficient (Wildman–Crippen LogP) is 5.59. The third-order valence-corrected chi connectivity index (χ3v) is 5.96. The minimum atomic E-state index is -2.88. The third kappa shape index (κ3) is 5.32. The first kappa shape index (κ1) is 22.7. The monoisotopic (exact) mass is 487 g/mol. The van der Waals surface area contributed by atoms with E-state index in [1.54, 1.807) is 16.7 Å². The molecule has 4 aromatic rings. The number of anilines is 1. The largest absolute Gasteiger partial charge is 0.435 e. The van der Waals surface area contributed by atoms with E-state index >= 15 is 0 Å². The van der Waals surface area contributed by atoms with Crippen LogP contribution in [0.1, 0.15) is 10.4 Å². The number of nitrogens with zero attached hydrogens (tertiary/aromatic N) is 3. The van der Waals surface area contributed by atoms with Crippen molar-refractivity contribution in [1.29, 1.82) is 0 Å². The van der Waals surface area contributed by atoms with Gasteiger partial charge >= 0.3 is 6.61 Å². The molecule has 0 bridgehead atoms. The molecule has 1 amide bonds. The fraction of sp³-hybridized carbons (Fsp3) is 0.182. The summed E-state index contributed by atoms with van der Waals surface area (Å²) in [5.41, 5.74) is 3.33. The Morgan fingerprint density at radius 2 is 1.82 bits per heavy atom. The average molecular weight is 488 g/mol. The number of nitrogens with one attached hydrogen (secondary N) is 2. The smallest absolute Gasteiger partial charge is 0.387 e.